The molecule has 94 valence electrons. The largest absolute Gasteiger partial charge is 0.487 e. The summed E-state index contributed by atoms with van der Waals surface area (Å²) in [7, 11) is 1.58. The molecule has 0 aliphatic heterocycles. The first-order valence-electron chi connectivity index (χ1n) is 5.21. The van der Waals surface area contributed by atoms with Crippen molar-refractivity contribution in [3.05, 3.63) is 46.7 Å². The minimum atomic E-state index is -1.01. The van der Waals surface area contributed by atoms with E-state index in [0.717, 1.165) is 0 Å². The van der Waals surface area contributed by atoms with Crippen molar-refractivity contribution in [2.45, 2.75) is 6.61 Å². The van der Waals surface area contributed by atoms with Gasteiger partial charge in [-0.25, -0.2) is 4.79 Å². The smallest absolute Gasteiger partial charge is 0.354 e. The van der Waals surface area contributed by atoms with E-state index in [1.165, 1.54) is 10.7 Å². The van der Waals surface area contributed by atoms with Gasteiger partial charge in [-0.2, -0.15) is 5.10 Å². The molecule has 0 spiro atoms. The van der Waals surface area contributed by atoms with Crippen LogP contribution in [0.2, 0.25) is 5.02 Å². The molecule has 0 radical (unpaired) electrons. The number of rotatable bonds is 4. The monoisotopic (exact) mass is 266 g/mol. The van der Waals surface area contributed by atoms with Crippen LogP contribution in [0.5, 0.6) is 5.75 Å². The molecule has 0 unspecified atom stereocenters. The lowest BCUT2D eigenvalue weighted by atomic mass is 10.3. The SMILES string of the molecule is Cn1nc(COc2ccc(Cl)cc2)cc1C(=O)O. The van der Waals surface area contributed by atoms with E-state index in [4.69, 9.17) is 21.4 Å². The van der Waals surface area contributed by atoms with Gasteiger partial charge in [0.15, 0.2) is 0 Å². The highest BCUT2D eigenvalue weighted by molar-refractivity contribution is 6.30. The maximum absolute atomic E-state index is 10.8. The molecule has 0 aliphatic carbocycles. The summed E-state index contributed by atoms with van der Waals surface area (Å²) < 4.78 is 6.78. The first-order valence-corrected chi connectivity index (χ1v) is 5.58. The average molecular weight is 267 g/mol. The molecule has 1 N–H and O–H groups in total. The van der Waals surface area contributed by atoms with Crippen LogP contribution in [0.25, 0.3) is 0 Å². The first-order chi connectivity index (χ1) is 8.56. The number of hydrogen-bond acceptors (Lipinski definition) is 3. The molecule has 0 aliphatic rings. The number of aryl methyl sites for hydroxylation is 1. The highest BCUT2D eigenvalue weighted by atomic mass is 35.5. The van der Waals surface area contributed by atoms with Crippen molar-refractivity contribution in [3.63, 3.8) is 0 Å². The fourth-order valence-electron chi connectivity index (χ4n) is 1.49. The fraction of sp³-hybridized carbons (Fsp3) is 0.167. The molecule has 1 heterocycles. The Morgan fingerprint density at radius 2 is 2.11 bits per heavy atom. The molecule has 2 aromatic rings. The van der Waals surface area contributed by atoms with Crippen LogP contribution in [0.3, 0.4) is 0 Å². The number of aromatic nitrogens is 2. The van der Waals surface area contributed by atoms with Gasteiger partial charge in [-0.1, -0.05) is 11.6 Å². The van der Waals surface area contributed by atoms with Gasteiger partial charge in [-0.3, -0.25) is 4.68 Å². The van der Waals surface area contributed by atoms with Crippen molar-refractivity contribution in [2.75, 3.05) is 0 Å². The molecule has 0 amide bonds. The number of halogens is 1. The first kappa shape index (κ1) is 12.4. The van der Waals surface area contributed by atoms with Crippen LogP contribution in [-0.2, 0) is 13.7 Å². The van der Waals surface area contributed by atoms with Gasteiger partial charge in [0.1, 0.15) is 23.7 Å². The number of ether oxygens (including phenoxy) is 1. The van der Waals surface area contributed by atoms with E-state index < -0.39 is 5.97 Å². The molecule has 18 heavy (non-hydrogen) atoms. The lowest BCUT2D eigenvalue weighted by Crippen LogP contribution is -2.04. The second kappa shape index (κ2) is 5.10. The number of aromatic carboxylic acids is 1. The maximum Gasteiger partial charge on any atom is 0.354 e. The van der Waals surface area contributed by atoms with Gasteiger partial charge in [0.2, 0.25) is 0 Å². The second-order valence-corrected chi connectivity index (χ2v) is 4.13. The van der Waals surface area contributed by atoms with Gasteiger partial charge in [0.25, 0.3) is 0 Å². The van der Waals surface area contributed by atoms with Crippen molar-refractivity contribution in [1.29, 1.82) is 0 Å². The summed E-state index contributed by atoms with van der Waals surface area (Å²) in [6, 6.07) is 8.40. The molecule has 0 bridgehead atoms. The molecular formula is C12H11ClN2O3. The zero-order valence-electron chi connectivity index (χ0n) is 9.63. The number of nitrogens with zero attached hydrogens (tertiary/aromatic N) is 2. The Balaban J connectivity index is 2.04. The van der Waals surface area contributed by atoms with Gasteiger partial charge in [0, 0.05) is 12.1 Å². The van der Waals surface area contributed by atoms with E-state index in [9.17, 15) is 4.79 Å². The molecule has 0 saturated heterocycles. The van der Waals surface area contributed by atoms with Crippen molar-refractivity contribution in [3.8, 4) is 5.75 Å². The standard InChI is InChI=1S/C12H11ClN2O3/c1-15-11(12(16)17)6-9(14-15)7-18-10-4-2-8(13)3-5-10/h2-6H,7H2,1H3,(H,16,17). The quantitative estimate of drug-likeness (QED) is 0.923. The number of carboxylic acids is 1. The van der Waals surface area contributed by atoms with E-state index in [2.05, 4.69) is 5.10 Å². The lowest BCUT2D eigenvalue weighted by Gasteiger charge is -2.03. The third-order valence-corrected chi connectivity index (χ3v) is 2.60. The Bertz CT molecular complexity index is 563. The summed E-state index contributed by atoms with van der Waals surface area (Å²) in [6.07, 6.45) is 0. The van der Waals surface area contributed by atoms with E-state index >= 15 is 0 Å². The Kier molecular flexibility index (Phi) is 3.53. The lowest BCUT2D eigenvalue weighted by molar-refractivity contribution is 0.0685. The van der Waals surface area contributed by atoms with Gasteiger partial charge in [-0.05, 0) is 30.3 Å². The summed E-state index contributed by atoms with van der Waals surface area (Å²) in [5.41, 5.74) is 0.689. The molecular weight excluding hydrogens is 256 g/mol. The topological polar surface area (TPSA) is 64.4 Å². The zero-order valence-corrected chi connectivity index (χ0v) is 10.4. The second-order valence-electron chi connectivity index (χ2n) is 3.69. The van der Waals surface area contributed by atoms with Crippen LogP contribution in [0.1, 0.15) is 16.2 Å². The van der Waals surface area contributed by atoms with Crippen molar-refractivity contribution >= 4 is 17.6 Å². The number of hydrogen-bond donors (Lipinski definition) is 1. The normalized spacial score (nSPS) is 10.3. The summed E-state index contributed by atoms with van der Waals surface area (Å²) in [6.45, 7) is 0.211. The number of carboxylic acid groups (broad SMARTS) is 1. The number of benzene rings is 1. The van der Waals surface area contributed by atoms with E-state index in [-0.39, 0.29) is 12.3 Å². The van der Waals surface area contributed by atoms with Crippen molar-refractivity contribution < 1.29 is 14.6 Å². The highest BCUT2D eigenvalue weighted by Gasteiger charge is 2.11. The van der Waals surface area contributed by atoms with E-state index in [1.54, 1.807) is 31.3 Å². The predicted octanol–water partition coefficient (Wildman–Crippen LogP) is 2.35. The number of carbonyl (C=O) groups is 1. The fourth-order valence-corrected chi connectivity index (χ4v) is 1.61. The third-order valence-electron chi connectivity index (χ3n) is 2.35. The van der Waals surface area contributed by atoms with Crippen LogP contribution >= 0.6 is 11.6 Å². The Morgan fingerprint density at radius 1 is 1.44 bits per heavy atom. The molecule has 0 fully saturated rings. The van der Waals surface area contributed by atoms with Crippen molar-refractivity contribution in [1.82, 2.24) is 9.78 Å². The minimum absolute atomic E-state index is 0.129. The van der Waals surface area contributed by atoms with Gasteiger partial charge in [-0.15, -0.1) is 0 Å². The molecule has 0 saturated carbocycles. The Morgan fingerprint density at radius 3 is 2.67 bits per heavy atom. The summed E-state index contributed by atoms with van der Waals surface area (Å²) in [5, 5.41) is 13.6. The van der Waals surface area contributed by atoms with Crippen LogP contribution in [0.4, 0.5) is 0 Å². The zero-order chi connectivity index (χ0) is 13.1. The van der Waals surface area contributed by atoms with E-state index in [1.807, 2.05) is 0 Å². The van der Waals surface area contributed by atoms with Crippen LogP contribution < -0.4 is 4.74 Å². The summed E-state index contributed by atoms with van der Waals surface area (Å²) >= 11 is 5.75. The minimum Gasteiger partial charge on any atom is -0.487 e. The molecule has 6 heteroatoms. The molecule has 0 atom stereocenters. The Labute approximate surface area is 109 Å². The van der Waals surface area contributed by atoms with Gasteiger partial charge in [0.05, 0.1) is 0 Å². The molecule has 2 rings (SSSR count). The van der Waals surface area contributed by atoms with Crippen LogP contribution in [-0.4, -0.2) is 20.9 Å². The predicted molar refractivity (Wildman–Crippen MR) is 66.0 cm³/mol. The highest BCUT2D eigenvalue weighted by Crippen LogP contribution is 2.16. The van der Waals surface area contributed by atoms with Crippen LogP contribution in [0, 0.1) is 0 Å². The summed E-state index contributed by atoms with van der Waals surface area (Å²) in [4.78, 5) is 10.8. The van der Waals surface area contributed by atoms with Gasteiger partial charge < -0.3 is 9.84 Å². The third kappa shape index (κ3) is 2.81. The van der Waals surface area contributed by atoms with Crippen LogP contribution in [0.15, 0.2) is 30.3 Å². The Hall–Kier alpha value is -2.01. The molecule has 1 aromatic carbocycles. The van der Waals surface area contributed by atoms with Crippen molar-refractivity contribution in [2.24, 2.45) is 7.05 Å². The molecule has 5 nitrogen and oxygen atoms in total. The van der Waals surface area contributed by atoms with Gasteiger partial charge >= 0.3 is 5.97 Å². The maximum atomic E-state index is 10.8. The molecule has 1 aromatic heterocycles. The summed E-state index contributed by atoms with van der Waals surface area (Å²) in [5.74, 6) is -0.357. The van der Waals surface area contributed by atoms with E-state index in [0.29, 0.717) is 16.5 Å². The average Bonchev–Trinajstić information content (AvgIpc) is 2.70.